The van der Waals surface area contributed by atoms with E-state index in [4.69, 9.17) is 18.9 Å². The molecule has 0 unspecified atom stereocenters. The molecule has 0 aliphatic carbocycles. The highest BCUT2D eigenvalue weighted by molar-refractivity contribution is 5.74. The van der Waals surface area contributed by atoms with Crippen molar-refractivity contribution in [2.45, 2.75) is 6.54 Å². The first-order chi connectivity index (χ1) is 16.9. The highest BCUT2D eigenvalue weighted by Gasteiger charge is 2.25. The van der Waals surface area contributed by atoms with Crippen molar-refractivity contribution in [3.63, 3.8) is 0 Å². The van der Waals surface area contributed by atoms with E-state index in [0.717, 1.165) is 17.7 Å². The summed E-state index contributed by atoms with van der Waals surface area (Å²) in [6.07, 6.45) is 0. The molecule has 5 rings (SSSR count). The van der Waals surface area contributed by atoms with Crippen LogP contribution in [0.2, 0.25) is 0 Å². The number of imidazole rings is 1. The van der Waals surface area contributed by atoms with Gasteiger partial charge in [0, 0.05) is 45.8 Å². The third-order valence-corrected chi connectivity index (χ3v) is 6.12. The molecule has 4 heterocycles. The van der Waals surface area contributed by atoms with Crippen LogP contribution >= 0.6 is 0 Å². The van der Waals surface area contributed by atoms with Gasteiger partial charge in [-0.25, -0.2) is 4.79 Å². The molecule has 0 saturated carbocycles. The molecule has 35 heavy (non-hydrogen) atoms. The monoisotopic (exact) mass is 482 g/mol. The summed E-state index contributed by atoms with van der Waals surface area (Å²) < 4.78 is 20.8. The van der Waals surface area contributed by atoms with Crippen LogP contribution in [0.25, 0.3) is 22.6 Å². The number of hydrogen-bond donors (Lipinski definition) is 1. The zero-order chi connectivity index (χ0) is 24.7. The molecule has 1 N–H and O–H groups in total. The number of hydrogen-bond acceptors (Lipinski definition) is 10. The van der Waals surface area contributed by atoms with E-state index < -0.39 is 11.2 Å². The summed E-state index contributed by atoms with van der Waals surface area (Å²) in [6, 6.07) is 5.30. The summed E-state index contributed by atoms with van der Waals surface area (Å²) in [5.74, 6) is 2.29. The average Bonchev–Trinajstić information content (AvgIpc) is 3.52. The summed E-state index contributed by atoms with van der Waals surface area (Å²) in [7, 11) is 6.17. The number of ether oxygens (including phenoxy) is 2. The minimum Gasteiger partial charge on any atom is -0.493 e. The van der Waals surface area contributed by atoms with Crippen molar-refractivity contribution < 1.29 is 13.9 Å². The number of rotatable bonds is 6. The maximum absolute atomic E-state index is 13.1. The molecule has 13 nitrogen and oxygen atoms in total. The summed E-state index contributed by atoms with van der Waals surface area (Å²) in [6.45, 7) is 3.09. The predicted octanol–water partition coefficient (Wildman–Crippen LogP) is -0.0412. The molecule has 184 valence electrons. The van der Waals surface area contributed by atoms with Gasteiger partial charge in [-0.2, -0.15) is 4.98 Å². The molecule has 1 aliphatic rings. The van der Waals surface area contributed by atoms with Crippen LogP contribution in [0, 0.1) is 0 Å². The van der Waals surface area contributed by atoms with Gasteiger partial charge >= 0.3 is 5.69 Å². The van der Waals surface area contributed by atoms with Gasteiger partial charge in [0.05, 0.1) is 14.2 Å². The number of methoxy groups -OCH3 is 2. The SMILES string of the molecule is COc1ccc(-c2nnc(Cn3c(N4CCNCC4)nc4c3c(=O)n(C)c(=O)n4C)o2)cc1OC. The van der Waals surface area contributed by atoms with Gasteiger partial charge in [0.25, 0.3) is 5.56 Å². The van der Waals surface area contributed by atoms with Gasteiger partial charge in [-0.15, -0.1) is 10.2 Å². The zero-order valence-corrected chi connectivity index (χ0v) is 19.9. The Labute approximate surface area is 199 Å². The maximum Gasteiger partial charge on any atom is 0.332 e. The van der Waals surface area contributed by atoms with Gasteiger partial charge in [0.15, 0.2) is 22.7 Å². The number of nitrogens with one attached hydrogen (secondary N) is 1. The maximum atomic E-state index is 13.1. The molecule has 4 aromatic rings. The quantitative estimate of drug-likeness (QED) is 0.399. The van der Waals surface area contributed by atoms with E-state index in [1.807, 2.05) is 0 Å². The summed E-state index contributed by atoms with van der Waals surface area (Å²) in [4.78, 5) is 32.4. The normalized spacial score (nSPS) is 14.0. The first kappa shape index (κ1) is 22.7. The van der Waals surface area contributed by atoms with Crippen molar-refractivity contribution in [1.29, 1.82) is 0 Å². The lowest BCUT2D eigenvalue weighted by Gasteiger charge is -2.28. The molecule has 13 heteroatoms. The standard InChI is InChI=1S/C22H26N8O5/c1-27-18-17(20(31)28(2)22(27)32)30(21(24-18)29-9-7-23-8-10-29)12-16-25-26-19(35-16)13-5-6-14(33-3)15(11-13)34-4/h5-6,11,23H,7-10,12H2,1-4H3. The third kappa shape index (κ3) is 3.83. The van der Waals surface area contributed by atoms with E-state index in [1.165, 1.54) is 11.6 Å². The van der Waals surface area contributed by atoms with Gasteiger partial charge in [0.2, 0.25) is 17.7 Å². The van der Waals surface area contributed by atoms with E-state index in [2.05, 4.69) is 20.4 Å². The van der Waals surface area contributed by atoms with Crippen molar-refractivity contribution >= 4 is 17.1 Å². The smallest absolute Gasteiger partial charge is 0.332 e. The van der Waals surface area contributed by atoms with Crippen LogP contribution in [0.3, 0.4) is 0 Å². The number of piperazine rings is 1. The molecular formula is C22H26N8O5. The third-order valence-electron chi connectivity index (χ3n) is 6.12. The number of fused-ring (bicyclic) bond motifs is 1. The molecule has 1 aromatic carbocycles. The van der Waals surface area contributed by atoms with Crippen LogP contribution in [0.1, 0.15) is 5.89 Å². The van der Waals surface area contributed by atoms with E-state index in [-0.39, 0.29) is 6.54 Å². The van der Waals surface area contributed by atoms with Crippen molar-refractivity contribution in [1.82, 2.24) is 34.2 Å². The summed E-state index contributed by atoms with van der Waals surface area (Å²) >= 11 is 0. The lowest BCUT2D eigenvalue weighted by atomic mass is 10.2. The van der Waals surface area contributed by atoms with Crippen LogP contribution in [0.4, 0.5) is 5.95 Å². The van der Waals surface area contributed by atoms with Gasteiger partial charge < -0.3 is 24.1 Å². The van der Waals surface area contributed by atoms with E-state index in [0.29, 0.717) is 59.0 Å². The van der Waals surface area contributed by atoms with Gasteiger partial charge in [-0.05, 0) is 18.2 Å². The van der Waals surface area contributed by atoms with Crippen LogP contribution < -0.4 is 30.9 Å². The van der Waals surface area contributed by atoms with E-state index in [9.17, 15) is 9.59 Å². The lowest BCUT2D eigenvalue weighted by molar-refractivity contribution is 0.355. The molecule has 0 atom stereocenters. The minimum atomic E-state index is -0.437. The second-order valence-corrected chi connectivity index (χ2v) is 8.18. The fourth-order valence-electron chi connectivity index (χ4n) is 4.23. The molecule has 0 radical (unpaired) electrons. The van der Waals surface area contributed by atoms with Crippen LogP contribution in [0.5, 0.6) is 11.5 Å². The predicted molar refractivity (Wildman–Crippen MR) is 127 cm³/mol. The van der Waals surface area contributed by atoms with Gasteiger partial charge in [0.1, 0.15) is 6.54 Å². The topological polar surface area (TPSA) is 134 Å². The Morgan fingerprint density at radius 1 is 1.03 bits per heavy atom. The molecule has 1 saturated heterocycles. The second-order valence-electron chi connectivity index (χ2n) is 8.18. The first-order valence-electron chi connectivity index (χ1n) is 11.1. The number of nitrogens with zero attached hydrogens (tertiary/aromatic N) is 7. The van der Waals surface area contributed by atoms with Crippen LogP contribution in [0.15, 0.2) is 32.2 Å². The Bertz CT molecular complexity index is 1510. The molecule has 1 aliphatic heterocycles. The Balaban J connectivity index is 1.59. The fourth-order valence-corrected chi connectivity index (χ4v) is 4.23. The molecule has 3 aromatic heterocycles. The van der Waals surface area contributed by atoms with E-state index in [1.54, 1.807) is 44.0 Å². The highest BCUT2D eigenvalue weighted by Crippen LogP contribution is 2.32. The Kier molecular flexibility index (Phi) is 5.76. The summed E-state index contributed by atoms with van der Waals surface area (Å²) in [5.41, 5.74) is 0.405. The second kappa shape index (κ2) is 8.91. The number of aromatic nitrogens is 6. The Hall–Kier alpha value is -4.13. The number of aryl methyl sites for hydroxylation is 1. The first-order valence-corrected chi connectivity index (χ1v) is 11.1. The Morgan fingerprint density at radius 2 is 1.77 bits per heavy atom. The molecular weight excluding hydrogens is 456 g/mol. The van der Waals surface area contributed by atoms with Crippen molar-refractivity contribution in [2.75, 3.05) is 45.3 Å². The van der Waals surface area contributed by atoms with Crippen molar-refractivity contribution in [2.24, 2.45) is 14.1 Å². The number of anilines is 1. The van der Waals surface area contributed by atoms with E-state index >= 15 is 0 Å². The summed E-state index contributed by atoms with van der Waals surface area (Å²) in [5, 5.41) is 11.7. The lowest BCUT2D eigenvalue weighted by Crippen LogP contribution is -2.44. The van der Waals surface area contributed by atoms with Crippen molar-refractivity contribution in [3.8, 4) is 23.0 Å². The van der Waals surface area contributed by atoms with Gasteiger partial charge in [-0.1, -0.05) is 0 Å². The molecule has 0 spiro atoms. The zero-order valence-electron chi connectivity index (χ0n) is 19.9. The molecule has 1 fully saturated rings. The van der Waals surface area contributed by atoms with Gasteiger partial charge in [-0.3, -0.25) is 18.5 Å². The largest absolute Gasteiger partial charge is 0.493 e. The van der Waals surface area contributed by atoms with Crippen LogP contribution in [-0.4, -0.2) is 69.3 Å². The molecule has 0 amide bonds. The molecule has 0 bridgehead atoms. The average molecular weight is 483 g/mol. The highest BCUT2D eigenvalue weighted by atomic mass is 16.5. The van der Waals surface area contributed by atoms with Crippen LogP contribution in [-0.2, 0) is 20.6 Å². The number of benzene rings is 1. The van der Waals surface area contributed by atoms with Crippen molar-refractivity contribution in [3.05, 3.63) is 44.9 Å². The minimum absolute atomic E-state index is 0.115. The fraction of sp³-hybridized carbons (Fsp3) is 0.409. The Morgan fingerprint density at radius 3 is 2.49 bits per heavy atom.